The van der Waals surface area contributed by atoms with Gasteiger partial charge in [0, 0.05) is 22.8 Å². The topological polar surface area (TPSA) is 12.0 Å². The number of rotatable bonds is 6. The highest BCUT2D eigenvalue weighted by atomic mass is 79.9. The normalized spacial score (nSPS) is 17.4. The van der Waals surface area contributed by atoms with Crippen LogP contribution in [0.3, 0.4) is 0 Å². The Hall–Kier alpha value is 0.01000. The number of thioether (sulfide) groups is 1. The second-order valence-corrected chi connectivity index (χ2v) is 6.21. The van der Waals surface area contributed by atoms with E-state index in [1.165, 1.54) is 24.2 Å². The van der Waals surface area contributed by atoms with Crippen LogP contribution in [0, 0.1) is 5.92 Å². The minimum absolute atomic E-state index is 0.570. The van der Waals surface area contributed by atoms with Gasteiger partial charge in [-0.15, -0.1) is 0 Å². The van der Waals surface area contributed by atoms with Crippen LogP contribution in [0.4, 0.5) is 0 Å². The molecular formula is C13H18BrNS. The smallest absolute Gasteiger partial charge is 0.0348 e. The van der Waals surface area contributed by atoms with Crippen LogP contribution >= 0.6 is 27.7 Å². The highest BCUT2D eigenvalue weighted by molar-refractivity contribution is 9.10. The van der Waals surface area contributed by atoms with Gasteiger partial charge < -0.3 is 5.32 Å². The largest absolute Gasteiger partial charge is 0.309 e. The molecule has 1 fully saturated rings. The third-order valence-corrected chi connectivity index (χ3v) is 4.13. The minimum atomic E-state index is 0.570. The Bertz CT molecular complexity index is 321. The Morgan fingerprint density at radius 2 is 2.06 bits per heavy atom. The molecule has 0 heterocycles. The summed E-state index contributed by atoms with van der Waals surface area (Å²) in [4.78, 5) is 0. The lowest BCUT2D eigenvalue weighted by Gasteiger charge is -2.18. The number of hydrogen-bond acceptors (Lipinski definition) is 2. The molecule has 16 heavy (non-hydrogen) atoms. The van der Waals surface area contributed by atoms with Crippen molar-refractivity contribution in [1.82, 2.24) is 5.32 Å². The van der Waals surface area contributed by atoms with Crippen molar-refractivity contribution in [3.05, 3.63) is 34.3 Å². The quantitative estimate of drug-likeness (QED) is 0.801. The van der Waals surface area contributed by atoms with Gasteiger partial charge in [0.2, 0.25) is 0 Å². The van der Waals surface area contributed by atoms with Gasteiger partial charge in [0.25, 0.3) is 0 Å². The molecular weight excluding hydrogens is 282 g/mol. The predicted octanol–water partition coefficient (Wildman–Crippen LogP) is 3.85. The Balaban J connectivity index is 1.98. The monoisotopic (exact) mass is 299 g/mol. The van der Waals surface area contributed by atoms with Crippen molar-refractivity contribution < 1.29 is 0 Å². The summed E-state index contributed by atoms with van der Waals surface area (Å²) < 4.78 is 1.16. The summed E-state index contributed by atoms with van der Waals surface area (Å²) in [6, 6.07) is 9.32. The van der Waals surface area contributed by atoms with E-state index in [1.807, 2.05) is 11.8 Å². The molecule has 1 aliphatic carbocycles. The average molecular weight is 300 g/mol. The summed E-state index contributed by atoms with van der Waals surface area (Å²) >= 11 is 5.39. The first kappa shape index (κ1) is 12.5. The molecule has 1 aromatic carbocycles. The van der Waals surface area contributed by atoms with Gasteiger partial charge in [-0.25, -0.2) is 0 Å². The Kier molecular flexibility index (Phi) is 4.74. The summed E-state index contributed by atoms with van der Waals surface area (Å²) in [5.74, 6) is 2.06. The second kappa shape index (κ2) is 6.08. The molecule has 1 unspecified atom stereocenters. The van der Waals surface area contributed by atoms with E-state index in [0.717, 1.165) is 16.9 Å². The van der Waals surface area contributed by atoms with Crippen LogP contribution in [-0.2, 0) is 0 Å². The fourth-order valence-corrected chi connectivity index (χ4v) is 2.56. The Morgan fingerprint density at radius 3 is 2.62 bits per heavy atom. The van der Waals surface area contributed by atoms with E-state index in [2.05, 4.69) is 51.8 Å². The molecule has 0 bridgehead atoms. The lowest BCUT2D eigenvalue weighted by atomic mass is 10.0. The number of hydrogen-bond donors (Lipinski definition) is 1. The molecule has 3 heteroatoms. The van der Waals surface area contributed by atoms with Gasteiger partial charge in [-0.3, -0.25) is 0 Å². The summed E-state index contributed by atoms with van der Waals surface area (Å²) in [6.45, 7) is 1.11. The van der Waals surface area contributed by atoms with E-state index >= 15 is 0 Å². The van der Waals surface area contributed by atoms with Crippen molar-refractivity contribution in [3.8, 4) is 0 Å². The van der Waals surface area contributed by atoms with Crippen LogP contribution in [0.1, 0.15) is 24.4 Å². The zero-order valence-corrected chi connectivity index (χ0v) is 12.0. The van der Waals surface area contributed by atoms with Crippen molar-refractivity contribution in [1.29, 1.82) is 0 Å². The third-order valence-electron chi connectivity index (χ3n) is 2.99. The molecule has 0 spiro atoms. The minimum Gasteiger partial charge on any atom is -0.309 e. The van der Waals surface area contributed by atoms with E-state index in [1.54, 1.807) is 0 Å². The van der Waals surface area contributed by atoms with E-state index in [9.17, 15) is 0 Å². The third kappa shape index (κ3) is 3.51. The standard InChI is InChI=1S/C13H18BrNS/c1-16-9-8-15-13(10-2-3-10)11-4-6-12(14)7-5-11/h4-7,10,13,15H,2-3,8-9H2,1H3. The first-order chi connectivity index (χ1) is 7.81. The van der Waals surface area contributed by atoms with E-state index in [-0.39, 0.29) is 0 Å². The summed E-state index contributed by atoms with van der Waals surface area (Å²) in [6.07, 6.45) is 4.92. The predicted molar refractivity (Wildman–Crippen MR) is 76.0 cm³/mol. The molecule has 1 N–H and O–H groups in total. The van der Waals surface area contributed by atoms with Gasteiger partial charge in [0.05, 0.1) is 0 Å². The number of halogens is 1. The molecule has 1 saturated carbocycles. The van der Waals surface area contributed by atoms with Gasteiger partial charge in [-0.1, -0.05) is 28.1 Å². The molecule has 0 radical (unpaired) electrons. The summed E-state index contributed by atoms with van der Waals surface area (Å²) in [5, 5.41) is 3.68. The van der Waals surface area contributed by atoms with Crippen molar-refractivity contribution >= 4 is 27.7 Å². The molecule has 0 aliphatic heterocycles. The molecule has 1 nitrogen and oxygen atoms in total. The lowest BCUT2D eigenvalue weighted by Crippen LogP contribution is -2.25. The van der Waals surface area contributed by atoms with Gasteiger partial charge in [0.1, 0.15) is 0 Å². The zero-order valence-electron chi connectivity index (χ0n) is 9.58. The van der Waals surface area contributed by atoms with Gasteiger partial charge in [0.15, 0.2) is 0 Å². The fourth-order valence-electron chi connectivity index (χ4n) is 1.97. The Labute approximate surface area is 111 Å². The molecule has 88 valence electrons. The van der Waals surface area contributed by atoms with Crippen LogP contribution in [0.2, 0.25) is 0 Å². The van der Waals surface area contributed by atoms with Crippen molar-refractivity contribution in [2.24, 2.45) is 5.92 Å². The molecule has 0 saturated heterocycles. The lowest BCUT2D eigenvalue weighted by molar-refractivity contribution is 0.498. The van der Waals surface area contributed by atoms with Gasteiger partial charge >= 0.3 is 0 Å². The van der Waals surface area contributed by atoms with Gasteiger partial charge in [-0.05, 0) is 42.7 Å². The number of nitrogens with one attached hydrogen (secondary N) is 1. The molecule has 0 amide bonds. The van der Waals surface area contributed by atoms with Crippen LogP contribution in [-0.4, -0.2) is 18.6 Å². The molecule has 1 atom stereocenters. The maximum absolute atomic E-state index is 3.68. The van der Waals surface area contributed by atoms with E-state index in [4.69, 9.17) is 0 Å². The van der Waals surface area contributed by atoms with Crippen LogP contribution < -0.4 is 5.32 Å². The van der Waals surface area contributed by atoms with E-state index < -0.39 is 0 Å². The van der Waals surface area contributed by atoms with Crippen molar-refractivity contribution in [2.75, 3.05) is 18.6 Å². The highest BCUT2D eigenvalue weighted by Crippen LogP contribution is 2.41. The maximum Gasteiger partial charge on any atom is 0.0348 e. The zero-order chi connectivity index (χ0) is 11.4. The highest BCUT2D eigenvalue weighted by Gasteiger charge is 2.31. The van der Waals surface area contributed by atoms with Crippen molar-refractivity contribution in [2.45, 2.75) is 18.9 Å². The SMILES string of the molecule is CSCCNC(c1ccc(Br)cc1)C1CC1. The van der Waals surface area contributed by atoms with Crippen LogP contribution in [0.25, 0.3) is 0 Å². The van der Waals surface area contributed by atoms with Gasteiger partial charge in [-0.2, -0.15) is 11.8 Å². The molecule has 1 aromatic rings. The first-order valence-corrected chi connectivity index (χ1v) is 7.97. The van der Waals surface area contributed by atoms with Crippen molar-refractivity contribution in [3.63, 3.8) is 0 Å². The summed E-state index contributed by atoms with van der Waals surface area (Å²) in [5.41, 5.74) is 1.44. The molecule has 1 aliphatic rings. The van der Waals surface area contributed by atoms with E-state index in [0.29, 0.717) is 6.04 Å². The summed E-state index contributed by atoms with van der Waals surface area (Å²) in [7, 11) is 0. The molecule has 0 aromatic heterocycles. The fraction of sp³-hybridized carbons (Fsp3) is 0.538. The maximum atomic E-state index is 3.68. The number of benzene rings is 1. The second-order valence-electron chi connectivity index (χ2n) is 4.31. The molecule has 2 rings (SSSR count). The van der Waals surface area contributed by atoms with Crippen LogP contribution in [0.15, 0.2) is 28.7 Å². The van der Waals surface area contributed by atoms with Crippen LogP contribution in [0.5, 0.6) is 0 Å². The average Bonchev–Trinajstić information content (AvgIpc) is 3.10. The Morgan fingerprint density at radius 1 is 1.38 bits per heavy atom. The first-order valence-electron chi connectivity index (χ1n) is 5.79.